The quantitative estimate of drug-likeness (QED) is 0.723. The van der Waals surface area contributed by atoms with Gasteiger partial charge in [0.1, 0.15) is 0 Å². The summed E-state index contributed by atoms with van der Waals surface area (Å²) in [4.78, 5) is 21.7. The topological polar surface area (TPSA) is 58.2 Å². The van der Waals surface area contributed by atoms with E-state index in [1.54, 1.807) is 24.3 Å². The first-order chi connectivity index (χ1) is 7.76. The molecule has 0 aliphatic rings. The maximum atomic E-state index is 11.4. The van der Waals surface area contributed by atoms with Gasteiger partial charge in [0, 0.05) is 17.8 Å². The molecule has 0 radical (unpaired) electrons. The lowest BCUT2D eigenvalue weighted by molar-refractivity contribution is -0.116. The predicted molar refractivity (Wildman–Crippen MR) is 64.3 cm³/mol. The fourth-order valence-corrected chi connectivity index (χ4v) is 1.32. The zero-order chi connectivity index (χ0) is 11.8. The summed E-state index contributed by atoms with van der Waals surface area (Å²) in [5.41, 5.74) is 1.37. The number of unbranched alkanes of at least 4 members (excludes halogenated alkanes) is 1. The number of anilines is 2. The Bertz CT molecular complexity index is 364. The van der Waals surface area contributed by atoms with E-state index in [9.17, 15) is 9.59 Å². The normalized spacial score (nSPS) is 9.56. The summed E-state index contributed by atoms with van der Waals surface area (Å²) in [5, 5.41) is 5.31. The van der Waals surface area contributed by atoms with Crippen LogP contribution in [0.5, 0.6) is 0 Å². The van der Waals surface area contributed by atoms with Crippen molar-refractivity contribution in [3.8, 4) is 0 Å². The largest absolute Gasteiger partial charge is 0.329 e. The van der Waals surface area contributed by atoms with Crippen LogP contribution >= 0.6 is 0 Å². The third-order valence-corrected chi connectivity index (χ3v) is 2.13. The van der Waals surface area contributed by atoms with Crippen LogP contribution in [0.25, 0.3) is 0 Å². The van der Waals surface area contributed by atoms with Crippen molar-refractivity contribution in [1.82, 2.24) is 0 Å². The van der Waals surface area contributed by atoms with Gasteiger partial charge in [-0.3, -0.25) is 9.59 Å². The van der Waals surface area contributed by atoms with E-state index >= 15 is 0 Å². The minimum absolute atomic E-state index is 0.00473. The third-order valence-electron chi connectivity index (χ3n) is 2.13. The van der Waals surface area contributed by atoms with Crippen LogP contribution in [0.1, 0.15) is 26.2 Å². The summed E-state index contributed by atoms with van der Waals surface area (Å²) in [6.07, 6.45) is 3.03. The molecule has 0 saturated heterocycles. The van der Waals surface area contributed by atoms with Crippen LogP contribution < -0.4 is 10.6 Å². The van der Waals surface area contributed by atoms with Gasteiger partial charge < -0.3 is 10.6 Å². The average molecular weight is 220 g/mol. The van der Waals surface area contributed by atoms with Gasteiger partial charge in [-0.15, -0.1) is 0 Å². The van der Waals surface area contributed by atoms with Gasteiger partial charge in [-0.25, -0.2) is 0 Å². The zero-order valence-electron chi connectivity index (χ0n) is 9.32. The summed E-state index contributed by atoms with van der Waals surface area (Å²) in [7, 11) is 0. The Hall–Kier alpha value is -1.84. The van der Waals surface area contributed by atoms with E-state index in [0.29, 0.717) is 24.2 Å². The Morgan fingerprint density at radius 3 is 2.81 bits per heavy atom. The molecule has 86 valence electrons. The lowest BCUT2D eigenvalue weighted by atomic mass is 10.2. The molecule has 1 aromatic rings. The Balaban J connectivity index is 2.55. The van der Waals surface area contributed by atoms with E-state index in [1.165, 1.54) is 0 Å². The van der Waals surface area contributed by atoms with Crippen molar-refractivity contribution in [3.63, 3.8) is 0 Å². The molecule has 2 amide bonds. The minimum atomic E-state index is 0.00473. The molecule has 0 aliphatic heterocycles. The molecule has 0 spiro atoms. The molecular weight excluding hydrogens is 204 g/mol. The predicted octanol–water partition coefficient (Wildman–Crippen LogP) is 2.38. The summed E-state index contributed by atoms with van der Waals surface area (Å²) < 4.78 is 0. The van der Waals surface area contributed by atoms with Crippen molar-refractivity contribution < 1.29 is 9.59 Å². The Morgan fingerprint density at radius 2 is 2.12 bits per heavy atom. The van der Waals surface area contributed by atoms with Gasteiger partial charge in [0.25, 0.3) is 0 Å². The molecule has 0 atom stereocenters. The van der Waals surface area contributed by atoms with Crippen LogP contribution in [-0.4, -0.2) is 12.3 Å². The molecule has 0 bridgehead atoms. The average Bonchev–Trinajstić information content (AvgIpc) is 2.27. The highest BCUT2D eigenvalue weighted by molar-refractivity contribution is 5.91. The standard InChI is InChI=1S/C12H16N2O2/c1-2-3-7-12(16)14-11-6-4-5-10(8-11)13-9-15/h4-6,8-9H,2-3,7H2,1H3,(H,13,15)(H,14,16). The molecule has 4 nitrogen and oxygen atoms in total. The van der Waals surface area contributed by atoms with Crippen molar-refractivity contribution >= 4 is 23.7 Å². The minimum Gasteiger partial charge on any atom is -0.329 e. The molecule has 0 fully saturated rings. The molecule has 1 rings (SSSR count). The van der Waals surface area contributed by atoms with Crippen molar-refractivity contribution in [2.24, 2.45) is 0 Å². The van der Waals surface area contributed by atoms with Gasteiger partial charge in [0.05, 0.1) is 0 Å². The van der Waals surface area contributed by atoms with E-state index in [2.05, 4.69) is 10.6 Å². The molecule has 2 N–H and O–H groups in total. The number of carbonyl (C=O) groups is 2. The van der Waals surface area contributed by atoms with Gasteiger partial charge in [0.2, 0.25) is 12.3 Å². The van der Waals surface area contributed by atoms with Crippen LogP contribution in [0.15, 0.2) is 24.3 Å². The zero-order valence-corrected chi connectivity index (χ0v) is 9.32. The number of hydrogen-bond acceptors (Lipinski definition) is 2. The first-order valence-corrected chi connectivity index (χ1v) is 5.36. The van der Waals surface area contributed by atoms with E-state index in [-0.39, 0.29) is 5.91 Å². The van der Waals surface area contributed by atoms with Crippen molar-refractivity contribution in [3.05, 3.63) is 24.3 Å². The summed E-state index contributed by atoms with van der Waals surface area (Å²) in [6.45, 7) is 2.04. The van der Waals surface area contributed by atoms with Gasteiger partial charge >= 0.3 is 0 Å². The Kier molecular flexibility index (Phi) is 5.05. The lowest BCUT2D eigenvalue weighted by Gasteiger charge is -2.06. The van der Waals surface area contributed by atoms with Crippen LogP contribution in [0.4, 0.5) is 11.4 Å². The summed E-state index contributed by atoms with van der Waals surface area (Å²) in [6, 6.07) is 7.05. The van der Waals surface area contributed by atoms with Gasteiger partial charge in [0.15, 0.2) is 0 Å². The maximum absolute atomic E-state index is 11.4. The second kappa shape index (κ2) is 6.61. The molecule has 4 heteroatoms. The number of benzene rings is 1. The lowest BCUT2D eigenvalue weighted by Crippen LogP contribution is -2.11. The summed E-state index contributed by atoms with van der Waals surface area (Å²) in [5.74, 6) is 0.00473. The van der Waals surface area contributed by atoms with Gasteiger partial charge in [-0.05, 0) is 24.6 Å². The number of nitrogens with one attached hydrogen (secondary N) is 2. The molecule has 0 aliphatic carbocycles. The van der Waals surface area contributed by atoms with Crippen LogP contribution in [0, 0.1) is 0 Å². The monoisotopic (exact) mass is 220 g/mol. The van der Waals surface area contributed by atoms with Crippen LogP contribution in [-0.2, 0) is 9.59 Å². The van der Waals surface area contributed by atoms with Crippen LogP contribution in [0.3, 0.4) is 0 Å². The maximum Gasteiger partial charge on any atom is 0.224 e. The van der Waals surface area contributed by atoms with Crippen molar-refractivity contribution in [2.75, 3.05) is 10.6 Å². The van der Waals surface area contributed by atoms with E-state index in [0.717, 1.165) is 12.8 Å². The van der Waals surface area contributed by atoms with Crippen LogP contribution in [0.2, 0.25) is 0 Å². The van der Waals surface area contributed by atoms with Crippen molar-refractivity contribution in [2.45, 2.75) is 26.2 Å². The van der Waals surface area contributed by atoms with E-state index < -0.39 is 0 Å². The fraction of sp³-hybridized carbons (Fsp3) is 0.333. The molecule has 1 aromatic carbocycles. The smallest absolute Gasteiger partial charge is 0.224 e. The highest BCUT2D eigenvalue weighted by Crippen LogP contribution is 2.14. The van der Waals surface area contributed by atoms with Crippen molar-refractivity contribution in [1.29, 1.82) is 0 Å². The highest BCUT2D eigenvalue weighted by Gasteiger charge is 2.01. The molecular formula is C12H16N2O2. The molecule has 16 heavy (non-hydrogen) atoms. The highest BCUT2D eigenvalue weighted by atomic mass is 16.1. The molecule has 0 unspecified atom stereocenters. The molecule has 0 aromatic heterocycles. The van der Waals surface area contributed by atoms with E-state index in [1.807, 2.05) is 6.92 Å². The number of carbonyl (C=O) groups excluding carboxylic acids is 2. The third kappa shape index (κ3) is 4.13. The second-order valence-corrected chi connectivity index (χ2v) is 3.49. The first kappa shape index (κ1) is 12.2. The first-order valence-electron chi connectivity index (χ1n) is 5.36. The molecule has 0 heterocycles. The fourth-order valence-electron chi connectivity index (χ4n) is 1.32. The second-order valence-electron chi connectivity index (χ2n) is 3.49. The SMILES string of the molecule is CCCCC(=O)Nc1cccc(NC=O)c1. The summed E-state index contributed by atoms with van der Waals surface area (Å²) >= 11 is 0. The Labute approximate surface area is 95.0 Å². The number of amides is 2. The molecule has 0 saturated carbocycles. The number of rotatable bonds is 6. The van der Waals surface area contributed by atoms with E-state index in [4.69, 9.17) is 0 Å². The van der Waals surface area contributed by atoms with Gasteiger partial charge in [-0.2, -0.15) is 0 Å². The Morgan fingerprint density at radius 1 is 1.38 bits per heavy atom. The van der Waals surface area contributed by atoms with Gasteiger partial charge in [-0.1, -0.05) is 19.4 Å². The number of hydrogen-bond donors (Lipinski definition) is 2.